The number of methoxy groups -OCH3 is 1. The molecule has 8 rings (SSSR count). The summed E-state index contributed by atoms with van der Waals surface area (Å²) in [5.41, 5.74) is 8.67. The summed E-state index contributed by atoms with van der Waals surface area (Å²) in [4.78, 5) is 59.0. The van der Waals surface area contributed by atoms with Gasteiger partial charge in [-0.15, -0.1) is 0 Å². The highest BCUT2D eigenvalue weighted by molar-refractivity contribution is 5.87. The molecule has 3 amide bonds. The van der Waals surface area contributed by atoms with Crippen LogP contribution in [0, 0.1) is 0 Å². The highest BCUT2D eigenvalue weighted by Crippen LogP contribution is 2.56. The maximum Gasteiger partial charge on any atom is 0.245 e. The van der Waals surface area contributed by atoms with E-state index in [2.05, 4.69) is 63.6 Å². The van der Waals surface area contributed by atoms with Crippen molar-refractivity contribution < 1.29 is 23.9 Å². The van der Waals surface area contributed by atoms with Gasteiger partial charge >= 0.3 is 0 Å². The lowest BCUT2D eigenvalue weighted by molar-refractivity contribution is -0.139. The first-order valence-corrected chi connectivity index (χ1v) is 20.0. The Morgan fingerprint density at radius 3 is 1.86 bits per heavy atom. The molecule has 4 N–H and O–H groups in total. The zero-order valence-electron chi connectivity index (χ0n) is 32.7. The largest absolute Gasteiger partial charge is 0.483 e. The molecular formula is C43H52N8O5. The molecule has 4 aliphatic heterocycles. The molecule has 3 fully saturated rings. The third kappa shape index (κ3) is 7.08. The van der Waals surface area contributed by atoms with Crippen LogP contribution in [0.3, 0.4) is 0 Å². The van der Waals surface area contributed by atoms with Gasteiger partial charge in [0.25, 0.3) is 0 Å². The summed E-state index contributed by atoms with van der Waals surface area (Å²) < 4.78 is 11.7. The Bertz CT molecular complexity index is 2120. The van der Waals surface area contributed by atoms with Crippen molar-refractivity contribution in [1.82, 2.24) is 40.4 Å². The van der Waals surface area contributed by atoms with Crippen LogP contribution < -0.4 is 10.6 Å². The number of nitrogens with one attached hydrogen (secondary N) is 4. The van der Waals surface area contributed by atoms with Crippen LogP contribution in [-0.2, 0) is 23.9 Å². The monoisotopic (exact) mass is 760 g/mol. The molecule has 2 aromatic carbocycles. The molecule has 13 nitrogen and oxygen atoms in total. The number of amides is 3. The number of H-pyrrole nitrogens is 2. The summed E-state index contributed by atoms with van der Waals surface area (Å²) >= 11 is 0. The van der Waals surface area contributed by atoms with E-state index in [1.54, 1.807) is 6.92 Å². The minimum Gasteiger partial charge on any atom is -0.483 e. The van der Waals surface area contributed by atoms with E-state index in [-0.39, 0.29) is 42.0 Å². The van der Waals surface area contributed by atoms with Crippen LogP contribution in [-0.4, -0.2) is 79.7 Å². The molecule has 0 spiro atoms. The number of carbonyl (C=O) groups excluding carboxylic acids is 3. The highest BCUT2D eigenvalue weighted by atomic mass is 16.5. The molecule has 56 heavy (non-hydrogen) atoms. The zero-order valence-corrected chi connectivity index (χ0v) is 32.7. The first-order chi connectivity index (χ1) is 27.1. The highest BCUT2D eigenvalue weighted by Gasteiger charge is 2.42. The Hall–Kier alpha value is -5.43. The number of fused-ring (bicyclic) bond motifs is 5. The predicted molar refractivity (Wildman–Crippen MR) is 211 cm³/mol. The van der Waals surface area contributed by atoms with Crippen molar-refractivity contribution in [2.75, 3.05) is 20.2 Å². The van der Waals surface area contributed by atoms with Crippen LogP contribution in [0.5, 0.6) is 0 Å². The van der Waals surface area contributed by atoms with E-state index in [9.17, 15) is 14.4 Å². The van der Waals surface area contributed by atoms with Gasteiger partial charge in [0.05, 0.1) is 55.2 Å². The summed E-state index contributed by atoms with van der Waals surface area (Å²) in [6, 6.07) is 11.6. The molecule has 4 aliphatic rings. The molecule has 0 saturated carbocycles. The summed E-state index contributed by atoms with van der Waals surface area (Å²) in [7, 11) is 1.53. The maximum atomic E-state index is 13.4. The van der Waals surface area contributed by atoms with E-state index >= 15 is 0 Å². The van der Waals surface area contributed by atoms with Gasteiger partial charge in [-0.3, -0.25) is 14.4 Å². The molecule has 0 radical (unpaired) electrons. The minimum absolute atomic E-state index is 0.00310. The van der Waals surface area contributed by atoms with Crippen LogP contribution in [0.4, 0.5) is 0 Å². The van der Waals surface area contributed by atoms with Crippen molar-refractivity contribution >= 4 is 17.7 Å². The first kappa shape index (κ1) is 37.5. The second kappa shape index (κ2) is 15.6. The fraction of sp³-hybridized carbons (Fsp3) is 0.465. The van der Waals surface area contributed by atoms with E-state index in [0.29, 0.717) is 19.0 Å². The molecule has 294 valence electrons. The fourth-order valence-electron chi connectivity index (χ4n) is 9.19. The molecule has 3 saturated heterocycles. The summed E-state index contributed by atoms with van der Waals surface area (Å²) in [6.45, 7) is 10.1. The normalized spacial score (nSPS) is 22.6. The van der Waals surface area contributed by atoms with Gasteiger partial charge in [-0.05, 0) is 99.6 Å². The van der Waals surface area contributed by atoms with E-state index in [4.69, 9.17) is 19.4 Å². The van der Waals surface area contributed by atoms with Gasteiger partial charge in [0.2, 0.25) is 17.7 Å². The third-order valence-electron chi connectivity index (χ3n) is 11.9. The fourth-order valence-corrected chi connectivity index (χ4v) is 9.19. The number of aromatic nitrogens is 4. The number of benzene rings is 2. The van der Waals surface area contributed by atoms with Gasteiger partial charge in [0.1, 0.15) is 23.7 Å². The van der Waals surface area contributed by atoms with E-state index in [0.717, 1.165) is 91.1 Å². The molecule has 2 bridgehead atoms. The Balaban J connectivity index is 1.02. The summed E-state index contributed by atoms with van der Waals surface area (Å²) in [5, 5.41) is 5.78. The molecule has 6 heterocycles. The number of imidazole rings is 2. The second-order valence-electron chi connectivity index (χ2n) is 15.6. The number of likely N-dealkylation sites (tertiary alicyclic amines) is 2. The molecule has 4 aromatic rings. The van der Waals surface area contributed by atoms with Crippen LogP contribution in [0.15, 0.2) is 61.3 Å². The Morgan fingerprint density at radius 1 is 0.750 bits per heavy atom. The zero-order chi connectivity index (χ0) is 39.1. The Kier molecular flexibility index (Phi) is 10.4. The third-order valence-corrected chi connectivity index (χ3v) is 11.9. The number of ether oxygens (including phenoxy) is 2. The van der Waals surface area contributed by atoms with E-state index in [1.165, 1.54) is 30.7 Å². The smallest absolute Gasteiger partial charge is 0.245 e. The molecular weight excluding hydrogens is 709 g/mol. The Morgan fingerprint density at radius 2 is 1.27 bits per heavy atom. The summed E-state index contributed by atoms with van der Waals surface area (Å²) in [6.07, 6.45) is 11.3. The minimum atomic E-state index is -0.596. The van der Waals surface area contributed by atoms with Crippen molar-refractivity contribution in [2.45, 2.75) is 109 Å². The topological polar surface area (TPSA) is 158 Å². The van der Waals surface area contributed by atoms with Gasteiger partial charge in [0, 0.05) is 25.6 Å². The molecule has 6 atom stereocenters. The average Bonchev–Trinajstić information content (AvgIpc) is 4.06. The van der Waals surface area contributed by atoms with Gasteiger partial charge in [0.15, 0.2) is 5.88 Å². The van der Waals surface area contributed by atoms with Gasteiger partial charge in [-0.25, -0.2) is 9.97 Å². The first-order valence-electron chi connectivity index (χ1n) is 20.0. The van der Waals surface area contributed by atoms with Crippen LogP contribution in [0.2, 0.25) is 0 Å². The molecule has 0 aliphatic carbocycles. The lowest BCUT2D eigenvalue weighted by atomic mass is 9.82. The predicted octanol–water partition coefficient (Wildman–Crippen LogP) is 6.77. The maximum absolute atomic E-state index is 13.4. The van der Waals surface area contributed by atoms with Crippen molar-refractivity contribution in [1.29, 1.82) is 0 Å². The number of nitrogens with zero attached hydrogens (tertiary/aromatic N) is 4. The van der Waals surface area contributed by atoms with Crippen molar-refractivity contribution in [2.24, 2.45) is 0 Å². The van der Waals surface area contributed by atoms with Gasteiger partial charge in [-0.1, -0.05) is 36.4 Å². The Labute approximate surface area is 327 Å². The van der Waals surface area contributed by atoms with Crippen molar-refractivity contribution in [3.8, 4) is 33.6 Å². The number of piperidine rings is 2. The lowest BCUT2D eigenvalue weighted by Crippen LogP contribution is -2.49. The summed E-state index contributed by atoms with van der Waals surface area (Å²) in [5.74, 6) is 1.62. The average molecular weight is 761 g/mol. The number of hydrogen-bond acceptors (Lipinski definition) is 8. The lowest BCUT2D eigenvalue weighted by Gasteiger charge is -2.36. The standard InChI is InChI=1S/C43H52N8O5/c1-24(46-26(3)52)42(53)50-20-8-7-11-35(50)41-45-23-33(49-41)31-17-16-30(38-36-18-19-37(56-36)39(31)38)28-12-14-29(15-13-28)32-22-44-40(48-32)34-10-6-9-21-51(34)43(54)25(2)47-27(4)55-5/h12-17,22-25,34-37,47H,4,6-11,18-21H2,1-3,5H3,(H,44,48)(H,45,49)(H,46,52)/t24-,25-,34-,35-,36?,37?/m0/s1. The van der Waals surface area contributed by atoms with Crippen LogP contribution >= 0.6 is 0 Å². The number of hydrogen-bond donors (Lipinski definition) is 4. The van der Waals surface area contributed by atoms with E-state index < -0.39 is 12.1 Å². The van der Waals surface area contributed by atoms with Gasteiger partial charge < -0.3 is 39.9 Å². The van der Waals surface area contributed by atoms with E-state index in [1.807, 2.05) is 29.1 Å². The second-order valence-corrected chi connectivity index (χ2v) is 15.6. The number of carbonyl (C=O) groups is 3. The van der Waals surface area contributed by atoms with Crippen molar-refractivity contribution in [3.05, 3.63) is 84.0 Å². The quantitative estimate of drug-likeness (QED) is 0.122. The van der Waals surface area contributed by atoms with Gasteiger partial charge in [-0.2, -0.15) is 0 Å². The van der Waals surface area contributed by atoms with Crippen LogP contribution in [0.1, 0.15) is 119 Å². The molecule has 2 aromatic heterocycles. The number of aromatic amines is 2. The SMILES string of the molecule is C=C(N[C@@H](C)C(=O)N1CCCC[C@H]1c1ncc(-c2ccc(-c3ccc(-c4cnc([C@@H]5CCCCN5C(=O)[C@H](C)NC(C)=O)[nH]4)c4c3C3CCC4O3)cc2)[nH]1)OC. The van der Waals surface area contributed by atoms with Crippen LogP contribution in [0.25, 0.3) is 33.6 Å². The molecule has 13 heteroatoms. The number of rotatable bonds is 11. The molecule has 2 unspecified atom stereocenters. The van der Waals surface area contributed by atoms with Crippen molar-refractivity contribution in [3.63, 3.8) is 0 Å².